The Kier molecular flexibility index (Phi) is 3.98. The molecule has 2 amide bonds. The minimum Gasteiger partial charge on any atom is -0.465 e. The third-order valence-corrected chi connectivity index (χ3v) is 1.86. The summed E-state index contributed by atoms with van der Waals surface area (Å²) in [7, 11) is 0. The second-order valence-electron chi connectivity index (χ2n) is 3.16. The van der Waals surface area contributed by atoms with Crippen LogP contribution in [0.2, 0.25) is 0 Å². The van der Waals surface area contributed by atoms with E-state index < -0.39 is 17.8 Å². The van der Waals surface area contributed by atoms with Gasteiger partial charge in [-0.1, -0.05) is 0 Å². The molecule has 88 valence electrons. The predicted octanol–water partition coefficient (Wildman–Crippen LogP) is -1.21. The number of nitrogens with zero attached hydrogens (tertiary/aromatic N) is 1. The fourth-order valence-corrected chi connectivity index (χ4v) is 1.17. The van der Waals surface area contributed by atoms with Crippen LogP contribution in [0.25, 0.3) is 0 Å². The number of carbonyl (C=O) groups excluding carboxylic acids is 3. The Balaban J connectivity index is 2.62. The van der Waals surface area contributed by atoms with Crippen LogP contribution in [0.15, 0.2) is 4.99 Å². The fraction of sp³-hybridized carbons (Fsp3) is 0.556. The molecular formula is C9H13N3O4. The van der Waals surface area contributed by atoms with Gasteiger partial charge in [-0.15, -0.1) is 0 Å². The summed E-state index contributed by atoms with van der Waals surface area (Å²) in [5.74, 6) is -2.33. The molecule has 1 rings (SSSR count). The minimum atomic E-state index is -0.933. The highest BCUT2D eigenvalue weighted by Crippen LogP contribution is 2.05. The van der Waals surface area contributed by atoms with Gasteiger partial charge in [0.15, 0.2) is 5.92 Å². The summed E-state index contributed by atoms with van der Waals surface area (Å²) < 4.78 is 4.71. The largest absolute Gasteiger partial charge is 0.465 e. The zero-order chi connectivity index (χ0) is 12.1. The van der Waals surface area contributed by atoms with E-state index in [1.807, 2.05) is 0 Å². The Hall–Kier alpha value is -1.92. The molecule has 0 bridgehead atoms. The lowest BCUT2D eigenvalue weighted by Crippen LogP contribution is -2.51. The molecule has 7 heteroatoms. The van der Waals surface area contributed by atoms with Gasteiger partial charge in [-0.2, -0.15) is 0 Å². The summed E-state index contributed by atoms with van der Waals surface area (Å²) in [4.78, 5) is 37.3. The average molecular weight is 227 g/mol. The molecule has 0 aliphatic carbocycles. The molecule has 1 heterocycles. The molecule has 7 nitrogen and oxygen atoms in total. The molecule has 16 heavy (non-hydrogen) atoms. The van der Waals surface area contributed by atoms with Crippen molar-refractivity contribution in [2.75, 3.05) is 13.2 Å². The van der Waals surface area contributed by atoms with Crippen molar-refractivity contribution in [1.29, 1.82) is 0 Å². The van der Waals surface area contributed by atoms with Crippen LogP contribution in [0.3, 0.4) is 0 Å². The van der Waals surface area contributed by atoms with Gasteiger partial charge in [0.05, 0.1) is 13.2 Å². The van der Waals surface area contributed by atoms with Gasteiger partial charge in [0.1, 0.15) is 0 Å². The van der Waals surface area contributed by atoms with E-state index in [1.54, 1.807) is 6.92 Å². The number of ether oxygens (including phenoxy) is 1. The highest BCUT2D eigenvalue weighted by atomic mass is 16.5. The highest BCUT2D eigenvalue weighted by Gasteiger charge is 2.31. The van der Waals surface area contributed by atoms with E-state index >= 15 is 0 Å². The van der Waals surface area contributed by atoms with Gasteiger partial charge in [0.2, 0.25) is 17.8 Å². The number of guanidine groups is 1. The summed E-state index contributed by atoms with van der Waals surface area (Å²) in [6, 6.07) is 0. The second kappa shape index (κ2) is 5.24. The van der Waals surface area contributed by atoms with Crippen molar-refractivity contribution in [2.24, 2.45) is 10.9 Å². The van der Waals surface area contributed by atoms with Gasteiger partial charge < -0.3 is 4.74 Å². The first-order valence-corrected chi connectivity index (χ1v) is 4.84. The number of carbonyl (C=O) groups is 3. The molecule has 0 fully saturated rings. The quantitative estimate of drug-likeness (QED) is 0.457. The van der Waals surface area contributed by atoms with Gasteiger partial charge in [-0.3, -0.25) is 30.0 Å². The fourth-order valence-electron chi connectivity index (χ4n) is 1.17. The Morgan fingerprint density at radius 2 is 2.31 bits per heavy atom. The first-order chi connectivity index (χ1) is 7.54. The molecule has 1 aliphatic rings. The number of nitrogens with one attached hydrogen (secondary N) is 2. The van der Waals surface area contributed by atoms with Gasteiger partial charge >= 0.3 is 5.97 Å². The Morgan fingerprint density at radius 3 is 2.81 bits per heavy atom. The molecule has 1 aliphatic heterocycles. The average Bonchev–Trinajstić information content (AvgIpc) is 2.16. The molecule has 0 aromatic heterocycles. The van der Waals surface area contributed by atoms with E-state index in [0.717, 1.165) is 0 Å². The van der Waals surface area contributed by atoms with Crippen LogP contribution in [-0.2, 0) is 19.1 Å². The molecule has 0 saturated heterocycles. The van der Waals surface area contributed by atoms with Crippen LogP contribution in [0.1, 0.15) is 13.8 Å². The van der Waals surface area contributed by atoms with Gasteiger partial charge in [-0.25, -0.2) is 0 Å². The van der Waals surface area contributed by atoms with Crippen LogP contribution in [0, 0.1) is 5.92 Å². The van der Waals surface area contributed by atoms with E-state index in [0.29, 0.717) is 0 Å². The zero-order valence-corrected chi connectivity index (χ0v) is 9.07. The van der Waals surface area contributed by atoms with Crippen LogP contribution < -0.4 is 10.6 Å². The van der Waals surface area contributed by atoms with Gasteiger partial charge in [0, 0.05) is 6.92 Å². The number of aliphatic imine (C=N–C) groups is 1. The number of esters is 1. The smallest absolute Gasteiger partial charge is 0.320 e. The zero-order valence-electron chi connectivity index (χ0n) is 9.07. The van der Waals surface area contributed by atoms with Crippen molar-refractivity contribution >= 4 is 23.7 Å². The van der Waals surface area contributed by atoms with Crippen molar-refractivity contribution in [3.05, 3.63) is 0 Å². The standard InChI is InChI=1S/C9H13N3O4/c1-3-16-8(15)6-4-10-9(11-5(2)13)12-7(6)14/h6H,3-4H2,1-2H3,(H2,10,11,12,13,14). The summed E-state index contributed by atoms with van der Waals surface area (Å²) in [5, 5.41) is 4.65. The Morgan fingerprint density at radius 1 is 1.62 bits per heavy atom. The van der Waals surface area contributed by atoms with Crippen LogP contribution in [0.5, 0.6) is 0 Å². The number of amides is 2. The maximum Gasteiger partial charge on any atom is 0.320 e. The lowest BCUT2D eigenvalue weighted by atomic mass is 10.1. The maximum absolute atomic E-state index is 11.5. The van der Waals surface area contributed by atoms with E-state index in [4.69, 9.17) is 4.74 Å². The predicted molar refractivity (Wildman–Crippen MR) is 54.4 cm³/mol. The molecule has 2 N–H and O–H groups in total. The number of rotatable bonds is 2. The van der Waals surface area contributed by atoms with Crippen LogP contribution >= 0.6 is 0 Å². The normalized spacial score (nSPS) is 19.5. The summed E-state index contributed by atoms with van der Waals surface area (Å²) in [6.45, 7) is 3.15. The first-order valence-electron chi connectivity index (χ1n) is 4.84. The van der Waals surface area contributed by atoms with Crippen molar-refractivity contribution in [2.45, 2.75) is 13.8 Å². The lowest BCUT2D eigenvalue weighted by Gasteiger charge is -2.19. The van der Waals surface area contributed by atoms with Gasteiger partial charge in [-0.05, 0) is 6.92 Å². The molecule has 1 atom stereocenters. The SMILES string of the molecule is CCOC(=O)C1CN=C(NC(C)=O)NC1=O. The Bertz CT molecular complexity index is 351. The maximum atomic E-state index is 11.5. The number of hydrogen-bond donors (Lipinski definition) is 2. The van der Waals surface area contributed by atoms with Crippen LogP contribution in [0.4, 0.5) is 0 Å². The number of hydrogen-bond acceptors (Lipinski definition) is 5. The van der Waals surface area contributed by atoms with E-state index in [9.17, 15) is 14.4 Å². The van der Waals surface area contributed by atoms with Crippen molar-refractivity contribution in [3.63, 3.8) is 0 Å². The van der Waals surface area contributed by atoms with E-state index in [-0.39, 0.29) is 25.0 Å². The molecule has 1 unspecified atom stereocenters. The minimum absolute atomic E-state index is 0.0136. The van der Waals surface area contributed by atoms with E-state index in [2.05, 4.69) is 15.6 Å². The monoisotopic (exact) mass is 227 g/mol. The van der Waals surface area contributed by atoms with Crippen LogP contribution in [-0.4, -0.2) is 36.9 Å². The third-order valence-electron chi connectivity index (χ3n) is 1.86. The van der Waals surface area contributed by atoms with Gasteiger partial charge in [0.25, 0.3) is 0 Å². The summed E-state index contributed by atoms with van der Waals surface area (Å²) >= 11 is 0. The lowest BCUT2D eigenvalue weighted by molar-refractivity contribution is -0.151. The molecule has 0 aromatic carbocycles. The van der Waals surface area contributed by atoms with E-state index in [1.165, 1.54) is 6.92 Å². The molecule has 0 spiro atoms. The van der Waals surface area contributed by atoms with Crippen molar-refractivity contribution < 1.29 is 19.1 Å². The third kappa shape index (κ3) is 3.04. The van der Waals surface area contributed by atoms with Crippen molar-refractivity contribution in [3.8, 4) is 0 Å². The summed E-state index contributed by atoms with van der Waals surface area (Å²) in [5.41, 5.74) is 0. The second-order valence-corrected chi connectivity index (χ2v) is 3.16. The Labute approximate surface area is 92.2 Å². The molecular weight excluding hydrogens is 214 g/mol. The first kappa shape index (κ1) is 12.2. The molecule has 0 aromatic rings. The van der Waals surface area contributed by atoms with Crippen molar-refractivity contribution in [1.82, 2.24) is 10.6 Å². The molecule has 0 saturated carbocycles. The molecule has 0 radical (unpaired) electrons. The highest BCUT2D eigenvalue weighted by molar-refractivity contribution is 6.10. The topological polar surface area (TPSA) is 96.9 Å². The summed E-state index contributed by atoms with van der Waals surface area (Å²) in [6.07, 6.45) is 0.